The van der Waals surface area contributed by atoms with E-state index in [9.17, 15) is 23.2 Å². The van der Waals surface area contributed by atoms with Crippen LogP contribution in [0, 0.1) is 11.6 Å². The first-order chi connectivity index (χ1) is 14.8. The lowest BCUT2D eigenvalue weighted by Crippen LogP contribution is -2.48. The van der Waals surface area contributed by atoms with Crippen LogP contribution in [0.4, 0.5) is 20.3 Å². The number of hydrogen-bond acceptors (Lipinski definition) is 4. The number of para-hydroxylation sites is 1. The molecule has 31 heavy (non-hydrogen) atoms. The zero-order valence-corrected chi connectivity index (χ0v) is 15.9. The first-order valence-corrected chi connectivity index (χ1v) is 9.36. The van der Waals surface area contributed by atoms with Gasteiger partial charge in [0.2, 0.25) is 17.7 Å². The molecule has 10 heteroatoms. The number of anilines is 2. The minimum atomic E-state index is -1.45. The summed E-state index contributed by atoms with van der Waals surface area (Å²) in [6, 6.07) is 9.76. The molecule has 3 aromatic rings. The van der Waals surface area contributed by atoms with E-state index in [0.717, 1.165) is 10.7 Å². The number of nitrogens with zero attached hydrogens (tertiary/aromatic N) is 3. The highest BCUT2D eigenvalue weighted by atomic mass is 19.1. The number of aromatic nitrogens is 2. The van der Waals surface area contributed by atoms with Crippen LogP contribution in [0.2, 0.25) is 0 Å². The van der Waals surface area contributed by atoms with Crippen LogP contribution in [0.3, 0.4) is 0 Å². The summed E-state index contributed by atoms with van der Waals surface area (Å²) < 4.78 is 28.9. The van der Waals surface area contributed by atoms with Crippen molar-refractivity contribution in [2.75, 3.05) is 16.8 Å². The molecule has 0 saturated carbocycles. The van der Waals surface area contributed by atoms with Gasteiger partial charge in [0.05, 0.1) is 6.20 Å². The SMILES string of the molecule is NC(=O)CN1C(=O)[C@@]2(CC(=O)Nc3c2cnn3-c2ccc(F)cc2F)c2ccccc21. The number of halogens is 2. The molecule has 2 aromatic carbocycles. The van der Waals surface area contributed by atoms with Gasteiger partial charge in [-0.2, -0.15) is 5.10 Å². The fourth-order valence-corrected chi connectivity index (χ4v) is 4.40. The zero-order valence-electron chi connectivity index (χ0n) is 15.9. The summed E-state index contributed by atoms with van der Waals surface area (Å²) in [6.45, 7) is -0.352. The number of benzene rings is 2. The molecule has 0 unspecified atom stereocenters. The number of rotatable bonds is 3. The molecule has 1 atom stereocenters. The van der Waals surface area contributed by atoms with Crippen molar-refractivity contribution in [3.8, 4) is 5.69 Å². The van der Waals surface area contributed by atoms with Gasteiger partial charge in [-0.15, -0.1) is 0 Å². The predicted octanol–water partition coefficient (Wildman–Crippen LogP) is 1.61. The van der Waals surface area contributed by atoms with Gasteiger partial charge in [0, 0.05) is 23.7 Å². The highest BCUT2D eigenvalue weighted by molar-refractivity contribution is 6.17. The molecule has 8 nitrogen and oxygen atoms in total. The van der Waals surface area contributed by atoms with E-state index in [-0.39, 0.29) is 24.5 Å². The minimum absolute atomic E-state index is 0.0901. The second-order valence-electron chi connectivity index (χ2n) is 7.42. The van der Waals surface area contributed by atoms with Crippen molar-refractivity contribution in [2.45, 2.75) is 11.8 Å². The number of nitrogens with two attached hydrogens (primary N) is 1. The molecule has 2 aliphatic heterocycles. The Bertz CT molecular complexity index is 1290. The van der Waals surface area contributed by atoms with E-state index in [4.69, 9.17) is 5.73 Å². The van der Waals surface area contributed by atoms with E-state index in [0.29, 0.717) is 22.9 Å². The summed E-state index contributed by atoms with van der Waals surface area (Å²) in [5.41, 5.74) is 5.14. The Balaban J connectivity index is 1.75. The van der Waals surface area contributed by atoms with E-state index in [2.05, 4.69) is 10.4 Å². The number of primary amides is 1. The van der Waals surface area contributed by atoms with Crippen molar-refractivity contribution in [3.05, 3.63) is 71.4 Å². The minimum Gasteiger partial charge on any atom is -0.368 e. The Labute approximate surface area is 174 Å². The Morgan fingerprint density at radius 3 is 2.65 bits per heavy atom. The summed E-state index contributed by atoms with van der Waals surface area (Å²) in [6.07, 6.45) is 1.16. The van der Waals surface area contributed by atoms with Crippen LogP contribution in [-0.2, 0) is 19.8 Å². The molecule has 3 N–H and O–H groups in total. The fraction of sp³-hybridized carbons (Fsp3) is 0.143. The maximum absolute atomic E-state index is 14.4. The van der Waals surface area contributed by atoms with Gasteiger partial charge in [0.15, 0.2) is 5.82 Å². The van der Waals surface area contributed by atoms with Crippen LogP contribution < -0.4 is 16.0 Å². The average molecular weight is 423 g/mol. The third kappa shape index (κ3) is 2.57. The van der Waals surface area contributed by atoms with Crippen LogP contribution in [-0.4, -0.2) is 34.0 Å². The largest absolute Gasteiger partial charge is 0.368 e. The number of carbonyl (C=O) groups excluding carboxylic acids is 3. The highest BCUT2D eigenvalue weighted by Gasteiger charge is 2.57. The lowest BCUT2D eigenvalue weighted by molar-refractivity contribution is -0.127. The van der Waals surface area contributed by atoms with Gasteiger partial charge in [0.25, 0.3) is 0 Å². The van der Waals surface area contributed by atoms with E-state index in [1.165, 1.54) is 17.2 Å². The molecule has 0 aliphatic carbocycles. The first kappa shape index (κ1) is 18.9. The molecule has 3 amide bonds. The summed E-state index contributed by atoms with van der Waals surface area (Å²) >= 11 is 0. The van der Waals surface area contributed by atoms with E-state index < -0.39 is 34.8 Å². The molecule has 156 valence electrons. The Hall–Kier alpha value is -4.08. The van der Waals surface area contributed by atoms with Crippen molar-refractivity contribution in [1.29, 1.82) is 0 Å². The second-order valence-corrected chi connectivity index (χ2v) is 7.42. The number of hydrogen-bond donors (Lipinski definition) is 2. The molecule has 3 heterocycles. The first-order valence-electron chi connectivity index (χ1n) is 9.36. The van der Waals surface area contributed by atoms with Gasteiger partial charge in [-0.1, -0.05) is 18.2 Å². The number of nitrogens with one attached hydrogen (secondary N) is 1. The number of carbonyl (C=O) groups is 3. The predicted molar refractivity (Wildman–Crippen MR) is 105 cm³/mol. The van der Waals surface area contributed by atoms with Crippen molar-refractivity contribution in [1.82, 2.24) is 9.78 Å². The second kappa shape index (κ2) is 6.46. The lowest BCUT2D eigenvalue weighted by atomic mass is 9.72. The molecule has 0 bridgehead atoms. The van der Waals surface area contributed by atoms with Crippen molar-refractivity contribution >= 4 is 29.2 Å². The summed E-state index contributed by atoms with van der Waals surface area (Å²) in [5, 5.41) is 6.83. The summed E-state index contributed by atoms with van der Waals surface area (Å²) in [4.78, 5) is 39.2. The monoisotopic (exact) mass is 423 g/mol. The van der Waals surface area contributed by atoms with Gasteiger partial charge in [0.1, 0.15) is 29.3 Å². The quantitative estimate of drug-likeness (QED) is 0.667. The van der Waals surface area contributed by atoms with Crippen LogP contribution in [0.5, 0.6) is 0 Å². The molecular formula is C21H15F2N5O3. The molecular weight excluding hydrogens is 408 g/mol. The summed E-state index contributed by atoms with van der Waals surface area (Å²) in [5.74, 6) is -3.22. The average Bonchev–Trinajstić information content (AvgIpc) is 3.22. The molecule has 5 rings (SSSR count). The smallest absolute Gasteiger partial charge is 0.243 e. The van der Waals surface area contributed by atoms with Crippen LogP contribution in [0.25, 0.3) is 5.69 Å². The van der Waals surface area contributed by atoms with Gasteiger partial charge >= 0.3 is 0 Å². The zero-order chi connectivity index (χ0) is 21.9. The van der Waals surface area contributed by atoms with E-state index >= 15 is 0 Å². The Morgan fingerprint density at radius 1 is 1.13 bits per heavy atom. The van der Waals surface area contributed by atoms with Crippen LogP contribution in [0.1, 0.15) is 17.5 Å². The number of fused-ring (bicyclic) bond motifs is 4. The van der Waals surface area contributed by atoms with E-state index in [1.807, 2.05) is 0 Å². The van der Waals surface area contributed by atoms with Gasteiger partial charge < -0.3 is 16.0 Å². The summed E-state index contributed by atoms with van der Waals surface area (Å²) in [7, 11) is 0. The Morgan fingerprint density at radius 2 is 1.90 bits per heavy atom. The van der Waals surface area contributed by atoms with Gasteiger partial charge in [-0.05, 0) is 23.8 Å². The molecule has 0 fully saturated rings. The number of amides is 3. The normalized spacial score (nSPS) is 19.4. The highest BCUT2D eigenvalue weighted by Crippen LogP contribution is 2.52. The van der Waals surface area contributed by atoms with Crippen molar-refractivity contribution < 1.29 is 23.2 Å². The van der Waals surface area contributed by atoms with Crippen molar-refractivity contribution in [3.63, 3.8) is 0 Å². The lowest BCUT2D eigenvalue weighted by Gasteiger charge is -2.32. The van der Waals surface area contributed by atoms with Crippen molar-refractivity contribution in [2.24, 2.45) is 5.73 Å². The molecule has 1 aromatic heterocycles. The maximum Gasteiger partial charge on any atom is 0.243 e. The molecule has 1 spiro atoms. The molecule has 0 radical (unpaired) electrons. The van der Waals surface area contributed by atoms with Crippen LogP contribution in [0.15, 0.2) is 48.7 Å². The van der Waals surface area contributed by atoms with Gasteiger partial charge in [-0.3, -0.25) is 14.4 Å². The third-order valence-electron chi connectivity index (χ3n) is 5.63. The standard InChI is InChI=1S/C21H15F2N5O3/c22-11-5-6-16(14(23)7-11)28-19-13(9-25-28)21(8-18(30)26-19)12-3-1-2-4-15(12)27(20(21)31)10-17(24)29/h1-7,9H,8,10H2,(H2,24,29)(H,26,30)/t21-/m0/s1. The molecule has 0 saturated heterocycles. The maximum atomic E-state index is 14.4. The molecule has 2 aliphatic rings. The topological polar surface area (TPSA) is 110 Å². The third-order valence-corrected chi connectivity index (χ3v) is 5.63. The van der Waals surface area contributed by atoms with E-state index in [1.54, 1.807) is 24.3 Å². The van der Waals surface area contributed by atoms with Gasteiger partial charge in [-0.25, -0.2) is 13.5 Å². The Kier molecular flexibility index (Phi) is 3.94. The fourth-order valence-electron chi connectivity index (χ4n) is 4.40. The van der Waals surface area contributed by atoms with Crippen LogP contribution >= 0.6 is 0 Å².